The fourth-order valence-electron chi connectivity index (χ4n) is 2.94. The van der Waals surface area contributed by atoms with Crippen LogP contribution >= 0.6 is 11.3 Å². The summed E-state index contributed by atoms with van der Waals surface area (Å²) in [7, 11) is 0. The minimum atomic E-state index is 0.446. The molecule has 2 heteroatoms. The van der Waals surface area contributed by atoms with Gasteiger partial charge in [0.25, 0.3) is 0 Å². The van der Waals surface area contributed by atoms with Gasteiger partial charge in [0, 0.05) is 17.0 Å². The van der Waals surface area contributed by atoms with Crippen LogP contribution in [0.4, 0.5) is 0 Å². The molecule has 3 rings (SSSR count). The Kier molecular flexibility index (Phi) is 3.23. The van der Waals surface area contributed by atoms with Crippen molar-refractivity contribution in [2.24, 2.45) is 0 Å². The zero-order chi connectivity index (χ0) is 12.5. The highest BCUT2D eigenvalue weighted by molar-refractivity contribution is 7.10. The monoisotopic (exact) mass is 257 g/mol. The third kappa shape index (κ3) is 2.11. The van der Waals surface area contributed by atoms with Crippen LogP contribution in [0.2, 0.25) is 0 Å². The number of nitrogens with one attached hydrogen (secondary N) is 1. The number of hydrogen-bond donors (Lipinski definition) is 1. The van der Waals surface area contributed by atoms with Gasteiger partial charge in [-0.1, -0.05) is 24.3 Å². The molecule has 0 radical (unpaired) electrons. The second kappa shape index (κ2) is 4.87. The van der Waals surface area contributed by atoms with Crippen molar-refractivity contribution >= 4 is 11.3 Å². The average molecular weight is 257 g/mol. The predicted molar refractivity (Wildman–Crippen MR) is 78.1 cm³/mol. The molecule has 0 saturated carbocycles. The van der Waals surface area contributed by atoms with E-state index in [2.05, 4.69) is 54.9 Å². The van der Waals surface area contributed by atoms with Crippen LogP contribution in [0.25, 0.3) is 0 Å². The van der Waals surface area contributed by atoms with Crippen LogP contribution in [0.15, 0.2) is 35.7 Å². The fourth-order valence-corrected chi connectivity index (χ4v) is 3.88. The first kappa shape index (κ1) is 11.9. The van der Waals surface area contributed by atoms with Gasteiger partial charge in [-0.25, -0.2) is 0 Å². The minimum Gasteiger partial charge on any atom is -0.303 e. The summed E-state index contributed by atoms with van der Waals surface area (Å²) in [5.41, 5.74) is 4.43. The molecule has 2 aromatic rings. The lowest BCUT2D eigenvalue weighted by molar-refractivity contribution is 0.468. The van der Waals surface area contributed by atoms with Crippen molar-refractivity contribution in [1.29, 1.82) is 0 Å². The topological polar surface area (TPSA) is 12.0 Å². The molecular formula is C16H19NS. The molecule has 1 aromatic heterocycles. The van der Waals surface area contributed by atoms with Gasteiger partial charge in [0.15, 0.2) is 0 Å². The standard InChI is InChI=1S/C16H19NS/c1-11-9-10-18-16(11)12(2)17-15-8-7-13-5-3-4-6-14(13)15/h3-6,9-10,12,15,17H,7-8H2,1-2H3. The van der Waals surface area contributed by atoms with Crippen molar-refractivity contribution in [2.75, 3.05) is 0 Å². The van der Waals surface area contributed by atoms with Crippen molar-refractivity contribution in [3.63, 3.8) is 0 Å². The van der Waals surface area contributed by atoms with E-state index >= 15 is 0 Å². The Balaban J connectivity index is 1.77. The van der Waals surface area contributed by atoms with Gasteiger partial charge in [-0.3, -0.25) is 0 Å². The largest absolute Gasteiger partial charge is 0.303 e. The smallest absolute Gasteiger partial charge is 0.0393 e. The maximum Gasteiger partial charge on any atom is 0.0393 e. The molecule has 2 atom stereocenters. The van der Waals surface area contributed by atoms with E-state index < -0.39 is 0 Å². The molecular weight excluding hydrogens is 238 g/mol. The van der Waals surface area contributed by atoms with Crippen LogP contribution < -0.4 is 5.32 Å². The molecule has 18 heavy (non-hydrogen) atoms. The molecule has 1 N–H and O–H groups in total. The van der Waals surface area contributed by atoms with Crippen molar-refractivity contribution in [1.82, 2.24) is 5.32 Å². The van der Waals surface area contributed by atoms with Gasteiger partial charge in [-0.2, -0.15) is 0 Å². The highest BCUT2D eigenvalue weighted by atomic mass is 32.1. The van der Waals surface area contributed by atoms with Crippen LogP contribution in [-0.4, -0.2) is 0 Å². The summed E-state index contributed by atoms with van der Waals surface area (Å²) in [5.74, 6) is 0. The van der Waals surface area contributed by atoms with Crippen LogP contribution in [0, 0.1) is 6.92 Å². The third-order valence-corrected chi connectivity index (χ3v) is 5.08. The van der Waals surface area contributed by atoms with E-state index in [9.17, 15) is 0 Å². The molecule has 0 saturated heterocycles. The minimum absolute atomic E-state index is 0.446. The van der Waals surface area contributed by atoms with E-state index in [4.69, 9.17) is 0 Å². The van der Waals surface area contributed by atoms with Gasteiger partial charge in [0.05, 0.1) is 0 Å². The normalized spacial score (nSPS) is 19.8. The summed E-state index contributed by atoms with van der Waals surface area (Å²) >= 11 is 1.86. The van der Waals surface area contributed by atoms with Crippen molar-refractivity contribution in [3.8, 4) is 0 Å². The Morgan fingerprint density at radius 1 is 1.28 bits per heavy atom. The number of aryl methyl sites for hydroxylation is 2. The summed E-state index contributed by atoms with van der Waals surface area (Å²) in [6.45, 7) is 4.48. The first-order chi connectivity index (χ1) is 8.75. The Bertz CT molecular complexity index is 544. The number of rotatable bonds is 3. The molecule has 0 aliphatic heterocycles. The van der Waals surface area contributed by atoms with Gasteiger partial charge in [-0.05, 0) is 54.8 Å². The summed E-state index contributed by atoms with van der Waals surface area (Å²) in [5, 5.41) is 5.97. The van der Waals surface area contributed by atoms with Crippen molar-refractivity contribution < 1.29 is 0 Å². The molecule has 0 spiro atoms. The van der Waals surface area contributed by atoms with E-state index in [1.54, 1.807) is 0 Å². The van der Waals surface area contributed by atoms with Gasteiger partial charge in [-0.15, -0.1) is 11.3 Å². The molecule has 1 aliphatic rings. The molecule has 2 unspecified atom stereocenters. The van der Waals surface area contributed by atoms with Gasteiger partial charge in [0.2, 0.25) is 0 Å². The fraction of sp³-hybridized carbons (Fsp3) is 0.375. The van der Waals surface area contributed by atoms with Crippen molar-refractivity contribution in [2.45, 2.75) is 38.8 Å². The zero-order valence-electron chi connectivity index (χ0n) is 10.9. The van der Waals surface area contributed by atoms with Gasteiger partial charge >= 0.3 is 0 Å². The number of thiophene rings is 1. The van der Waals surface area contributed by atoms with Crippen molar-refractivity contribution in [3.05, 3.63) is 57.3 Å². The summed E-state index contributed by atoms with van der Waals surface area (Å²) < 4.78 is 0. The second-order valence-corrected chi connectivity index (χ2v) is 6.09. The maximum absolute atomic E-state index is 3.79. The third-order valence-electron chi connectivity index (χ3n) is 3.88. The van der Waals surface area contributed by atoms with E-state index in [1.165, 1.54) is 34.4 Å². The predicted octanol–water partition coefficient (Wildman–Crippen LogP) is 4.39. The molecule has 1 heterocycles. The molecule has 1 nitrogen and oxygen atoms in total. The lowest BCUT2D eigenvalue weighted by Gasteiger charge is -2.20. The number of fused-ring (bicyclic) bond motifs is 1. The maximum atomic E-state index is 3.79. The van der Waals surface area contributed by atoms with Crippen LogP contribution in [0.5, 0.6) is 0 Å². The van der Waals surface area contributed by atoms with Gasteiger partial charge in [0.1, 0.15) is 0 Å². The first-order valence-electron chi connectivity index (χ1n) is 6.63. The van der Waals surface area contributed by atoms with E-state index in [-0.39, 0.29) is 0 Å². The first-order valence-corrected chi connectivity index (χ1v) is 7.51. The molecule has 0 bridgehead atoms. The van der Waals surface area contributed by atoms with Crippen LogP contribution in [-0.2, 0) is 6.42 Å². The number of hydrogen-bond acceptors (Lipinski definition) is 2. The Labute approximate surface area is 113 Å². The van der Waals surface area contributed by atoms with E-state index in [0.717, 1.165) is 0 Å². The van der Waals surface area contributed by atoms with Gasteiger partial charge < -0.3 is 5.32 Å². The molecule has 1 aromatic carbocycles. The zero-order valence-corrected chi connectivity index (χ0v) is 11.8. The Morgan fingerprint density at radius 3 is 2.89 bits per heavy atom. The average Bonchev–Trinajstić information content (AvgIpc) is 2.97. The Hall–Kier alpha value is -1.12. The second-order valence-electron chi connectivity index (χ2n) is 5.15. The molecule has 0 amide bonds. The van der Waals surface area contributed by atoms with E-state index in [1.807, 2.05) is 11.3 Å². The molecule has 0 fully saturated rings. The highest BCUT2D eigenvalue weighted by Crippen LogP contribution is 2.34. The highest BCUT2D eigenvalue weighted by Gasteiger charge is 2.23. The Morgan fingerprint density at radius 2 is 2.11 bits per heavy atom. The summed E-state index contributed by atoms with van der Waals surface area (Å²) in [4.78, 5) is 1.47. The lowest BCUT2D eigenvalue weighted by Crippen LogP contribution is -2.22. The SMILES string of the molecule is Cc1ccsc1C(C)NC1CCc2ccccc21. The summed E-state index contributed by atoms with van der Waals surface area (Å²) in [6.07, 6.45) is 2.44. The summed E-state index contributed by atoms with van der Waals surface area (Å²) in [6, 6.07) is 12.0. The molecule has 1 aliphatic carbocycles. The van der Waals surface area contributed by atoms with Crippen LogP contribution in [0.3, 0.4) is 0 Å². The van der Waals surface area contributed by atoms with Crippen LogP contribution in [0.1, 0.15) is 47.0 Å². The lowest BCUT2D eigenvalue weighted by atomic mass is 10.1. The number of benzene rings is 1. The molecule has 94 valence electrons. The van der Waals surface area contributed by atoms with E-state index in [0.29, 0.717) is 12.1 Å². The quantitative estimate of drug-likeness (QED) is 0.859.